The number of hydrogen-bond donors (Lipinski definition) is 1. The van der Waals surface area contributed by atoms with Gasteiger partial charge >= 0.3 is 0 Å². The topological polar surface area (TPSA) is 33.1 Å². The maximum absolute atomic E-state index is 9.95. The van der Waals surface area contributed by atoms with E-state index in [0.717, 1.165) is 17.3 Å². The molecule has 2 aromatic rings. The molecule has 2 rings (SSSR count). The zero-order chi connectivity index (χ0) is 21.3. The highest BCUT2D eigenvalue weighted by atomic mass is 16.3. The molecule has 1 aromatic heterocycles. The summed E-state index contributed by atoms with van der Waals surface area (Å²) in [6, 6.07) is 7.86. The summed E-state index contributed by atoms with van der Waals surface area (Å²) in [7, 11) is 0. The average molecular weight is 410 g/mol. The van der Waals surface area contributed by atoms with Gasteiger partial charge in [0.2, 0.25) is 0 Å². The highest BCUT2D eigenvalue weighted by Crippen LogP contribution is 2.26. The molecule has 2 nitrogen and oxygen atoms in total. The fourth-order valence-electron chi connectivity index (χ4n) is 4.17. The van der Waals surface area contributed by atoms with Crippen LogP contribution in [0.2, 0.25) is 0 Å². The van der Waals surface area contributed by atoms with Gasteiger partial charge in [0.25, 0.3) is 0 Å². The van der Waals surface area contributed by atoms with Gasteiger partial charge in [0, 0.05) is 11.6 Å². The Kier molecular flexibility index (Phi) is 13.0. The number of unbranched alkanes of at least 4 members (excludes halogenated alkanes) is 13. The number of aromatic hydroxyl groups is 1. The Morgan fingerprint density at radius 1 is 0.733 bits per heavy atom. The number of nitrogens with zero attached hydrogens (tertiary/aromatic N) is 1. The van der Waals surface area contributed by atoms with E-state index in [-0.39, 0.29) is 5.75 Å². The number of fused-ring (bicyclic) bond motifs is 1. The van der Waals surface area contributed by atoms with Crippen molar-refractivity contribution < 1.29 is 5.11 Å². The molecule has 0 saturated carbocycles. The van der Waals surface area contributed by atoms with Gasteiger partial charge in [-0.2, -0.15) is 0 Å². The van der Waals surface area contributed by atoms with E-state index < -0.39 is 0 Å². The Bertz CT molecular complexity index is 722. The Balaban J connectivity index is 1.43. The molecule has 0 aliphatic carbocycles. The molecule has 0 bridgehead atoms. The second-order valence-corrected chi connectivity index (χ2v) is 8.68. The van der Waals surface area contributed by atoms with E-state index >= 15 is 0 Å². The van der Waals surface area contributed by atoms with E-state index in [9.17, 15) is 5.11 Å². The minimum absolute atomic E-state index is 0.283. The molecule has 0 unspecified atom stereocenters. The molecule has 0 spiro atoms. The van der Waals surface area contributed by atoms with Crippen LogP contribution in [0.5, 0.6) is 5.75 Å². The van der Waals surface area contributed by atoms with Crippen LogP contribution in [0.25, 0.3) is 10.9 Å². The molecule has 0 radical (unpaired) electrons. The largest absolute Gasteiger partial charge is 0.506 e. The zero-order valence-corrected chi connectivity index (χ0v) is 19.2. The maximum atomic E-state index is 9.95. The first-order valence-corrected chi connectivity index (χ1v) is 12.5. The third-order valence-electron chi connectivity index (χ3n) is 6.05. The van der Waals surface area contributed by atoms with Crippen molar-refractivity contribution >= 4 is 10.9 Å². The van der Waals surface area contributed by atoms with Crippen molar-refractivity contribution in [3.63, 3.8) is 0 Å². The highest BCUT2D eigenvalue weighted by Gasteiger charge is 2.05. The third kappa shape index (κ3) is 9.78. The van der Waals surface area contributed by atoms with Gasteiger partial charge < -0.3 is 5.11 Å². The number of rotatable bonds is 17. The summed E-state index contributed by atoms with van der Waals surface area (Å²) in [5.41, 5.74) is 2.04. The molecule has 0 atom stereocenters. The number of aryl methyl sites for hydroxylation is 1. The lowest BCUT2D eigenvalue weighted by Crippen LogP contribution is -1.90. The third-order valence-corrected chi connectivity index (χ3v) is 6.05. The maximum Gasteiger partial charge on any atom is 0.141 e. The first-order valence-electron chi connectivity index (χ1n) is 12.5. The fourth-order valence-corrected chi connectivity index (χ4v) is 4.17. The second kappa shape index (κ2) is 15.9. The van der Waals surface area contributed by atoms with Crippen LogP contribution in [-0.2, 0) is 6.42 Å². The molecule has 0 saturated heterocycles. The molecule has 2 heteroatoms. The minimum Gasteiger partial charge on any atom is -0.506 e. The number of allylic oxidation sites excluding steroid dienone is 2. The van der Waals surface area contributed by atoms with E-state index in [1.807, 2.05) is 6.07 Å². The summed E-state index contributed by atoms with van der Waals surface area (Å²) < 4.78 is 0. The van der Waals surface area contributed by atoms with E-state index in [1.54, 1.807) is 12.3 Å². The molecule has 1 N–H and O–H groups in total. The summed E-state index contributed by atoms with van der Waals surface area (Å²) in [5.74, 6) is 0.283. The van der Waals surface area contributed by atoms with Crippen LogP contribution in [0, 0.1) is 0 Å². The Labute approximate surface area is 184 Å². The van der Waals surface area contributed by atoms with Gasteiger partial charge in [-0.15, -0.1) is 0 Å². The monoisotopic (exact) mass is 409 g/mol. The normalized spacial score (nSPS) is 11.6. The van der Waals surface area contributed by atoms with Crippen LogP contribution in [0.15, 0.2) is 42.6 Å². The predicted molar refractivity (Wildman–Crippen MR) is 131 cm³/mol. The summed E-state index contributed by atoms with van der Waals surface area (Å²) in [6.07, 6.45) is 27.8. The first-order chi connectivity index (χ1) is 14.8. The predicted octanol–water partition coefficient (Wildman–Crippen LogP) is 8.91. The van der Waals surface area contributed by atoms with Crippen LogP contribution < -0.4 is 0 Å². The number of hydrogen-bond acceptors (Lipinski definition) is 2. The van der Waals surface area contributed by atoms with Crippen molar-refractivity contribution in [3.8, 4) is 5.75 Å². The van der Waals surface area contributed by atoms with E-state index in [0.29, 0.717) is 0 Å². The number of phenols is 1. The van der Waals surface area contributed by atoms with Crippen molar-refractivity contribution in [1.82, 2.24) is 4.98 Å². The Morgan fingerprint density at radius 2 is 1.33 bits per heavy atom. The van der Waals surface area contributed by atoms with Crippen LogP contribution >= 0.6 is 0 Å². The Morgan fingerprint density at radius 3 is 2.00 bits per heavy atom. The lowest BCUT2D eigenvalue weighted by atomic mass is 10.0. The van der Waals surface area contributed by atoms with Crippen molar-refractivity contribution in [1.29, 1.82) is 0 Å². The molecule has 166 valence electrons. The molecule has 0 aliphatic heterocycles. The minimum atomic E-state index is 0.283. The van der Waals surface area contributed by atoms with E-state index in [2.05, 4.69) is 36.2 Å². The highest BCUT2D eigenvalue weighted by molar-refractivity contribution is 5.87. The molecule has 30 heavy (non-hydrogen) atoms. The lowest BCUT2D eigenvalue weighted by Gasteiger charge is -2.07. The summed E-state index contributed by atoms with van der Waals surface area (Å²) in [4.78, 5) is 4.31. The molecule has 1 aromatic carbocycles. The lowest BCUT2D eigenvalue weighted by molar-refractivity contribution is 0.480. The van der Waals surface area contributed by atoms with Gasteiger partial charge in [-0.25, -0.2) is 0 Å². The summed E-state index contributed by atoms with van der Waals surface area (Å²) in [6.45, 7) is 2.28. The molecule has 0 amide bonds. The van der Waals surface area contributed by atoms with Crippen LogP contribution in [0.3, 0.4) is 0 Å². The van der Waals surface area contributed by atoms with Gasteiger partial charge in [0.1, 0.15) is 11.3 Å². The van der Waals surface area contributed by atoms with Gasteiger partial charge in [0.15, 0.2) is 0 Å². The quantitative estimate of drug-likeness (QED) is 0.209. The number of phenolic OH excluding ortho intramolecular Hbond substituents is 1. The number of aromatic nitrogens is 1. The first kappa shape index (κ1) is 24.4. The zero-order valence-electron chi connectivity index (χ0n) is 19.2. The average Bonchev–Trinajstić information content (AvgIpc) is 2.77. The van der Waals surface area contributed by atoms with Gasteiger partial charge in [-0.3, -0.25) is 4.98 Å². The van der Waals surface area contributed by atoms with Gasteiger partial charge in [0.05, 0.1) is 0 Å². The van der Waals surface area contributed by atoms with Gasteiger partial charge in [-0.1, -0.05) is 95.4 Å². The molecular formula is C28H43NO. The molecule has 1 heterocycles. The van der Waals surface area contributed by atoms with Crippen molar-refractivity contribution in [3.05, 3.63) is 48.2 Å². The Hall–Kier alpha value is -1.83. The van der Waals surface area contributed by atoms with Crippen LogP contribution in [-0.4, -0.2) is 10.1 Å². The van der Waals surface area contributed by atoms with Crippen molar-refractivity contribution in [2.45, 2.75) is 110 Å². The SMILES string of the molecule is CCCCCCCCC/C=C\CCCCCCCCc1ccc(O)c2ncccc12. The van der Waals surface area contributed by atoms with Crippen LogP contribution in [0.1, 0.15) is 109 Å². The van der Waals surface area contributed by atoms with Gasteiger partial charge in [-0.05, 0) is 56.2 Å². The molecular weight excluding hydrogens is 366 g/mol. The summed E-state index contributed by atoms with van der Waals surface area (Å²) in [5, 5.41) is 11.0. The van der Waals surface area contributed by atoms with Crippen molar-refractivity contribution in [2.75, 3.05) is 0 Å². The summed E-state index contributed by atoms with van der Waals surface area (Å²) >= 11 is 0. The standard InChI is InChI=1S/C28H43NO/c1-2-3-4-5-6-7-8-9-10-11-12-13-14-15-16-17-18-20-25-22-23-27(30)28-26(25)21-19-24-29-28/h10-11,19,21-24,30H,2-9,12-18,20H2,1H3/b11-10-. The van der Waals surface area contributed by atoms with Crippen molar-refractivity contribution in [2.24, 2.45) is 0 Å². The molecule has 0 aliphatic rings. The number of pyridine rings is 1. The smallest absolute Gasteiger partial charge is 0.141 e. The van der Waals surface area contributed by atoms with E-state index in [4.69, 9.17) is 0 Å². The molecule has 0 fully saturated rings. The fraction of sp³-hybridized carbons (Fsp3) is 0.607. The number of benzene rings is 1. The van der Waals surface area contributed by atoms with E-state index in [1.165, 1.54) is 102 Å². The van der Waals surface area contributed by atoms with Crippen LogP contribution in [0.4, 0.5) is 0 Å². The second-order valence-electron chi connectivity index (χ2n) is 8.68.